The third-order valence-corrected chi connectivity index (χ3v) is 7.39. The second-order valence-electron chi connectivity index (χ2n) is 11.0. The summed E-state index contributed by atoms with van der Waals surface area (Å²) in [5.74, 6) is 1.56. The molecule has 7 nitrogen and oxygen atoms in total. The summed E-state index contributed by atoms with van der Waals surface area (Å²) in [4.78, 5) is 31.7. The van der Waals surface area contributed by atoms with Gasteiger partial charge in [-0.05, 0) is 35.1 Å². The lowest BCUT2D eigenvalue weighted by Crippen LogP contribution is -2.52. The first-order valence-corrected chi connectivity index (χ1v) is 14.1. The van der Waals surface area contributed by atoms with E-state index in [-0.39, 0.29) is 24.3 Å². The van der Waals surface area contributed by atoms with Crippen LogP contribution in [0.4, 0.5) is 5.82 Å². The zero-order chi connectivity index (χ0) is 27.8. The number of benzene rings is 2. The first-order chi connectivity index (χ1) is 18.8. The fourth-order valence-electron chi connectivity index (χ4n) is 4.80. The fourth-order valence-corrected chi connectivity index (χ4v) is 4.80. The molecule has 4 rings (SSSR count). The predicted octanol–water partition coefficient (Wildman–Crippen LogP) is 5.38. The monoisotopic (exact) mass is 527 g/mol. The van der Waals surface area contributed by atoms with Crippen LogP contribution in [-0.2, 0) is 9.59 Å². The highest BCUT2D eigenvalue weighted by Crippen LogP contribution is 2.24. The number of hydrogen-bond donors (Lipinski definition) is 0. The minimum atomic E-state index is 0.0236. The molecule has 0 aliphatic carbocycles. The average Bonchev–Trinajstić information content (AvgIpc) is 2.97. The van der Waals surface area contributed by atoms with Gasteiger partial charge in [-0.3, -0.25) is 9.59 Å². The molecule has 1 aromatic heterocycles. The van der Waals surface area contributed by atoms with Gasteiger partial charge in [-0.15, -0.1) is 10.2 Å². The summed E-state index contributed by atoms with van der Waals surface area (Å²) in [6, 6.07) is 22.7. The Morgan fingerprint density at radius 1 is 0.821 bits per heavy atom. The lowest BCUT2D eigenvalue weighted by atomic mass is 10.0. The standard InChI is InChI=1S/C32H41N5O2/c1-5-25(4)22-37(31(38)21-24(2)3)23-32(39)36-19-17-35(18-20-36)30-16-15-29(33-34-30)28-13-11-27(12-14-28)26-9-7-6-8-10-26/h6-16,24-25H,5,17-23H2,1-4H3/t25-/m1/s1. The van der Waals surface area contributed by atoms with Gasteiger partial charge in [0.1, 0.15) is 0 Å². The first kappa shape index (κ1) is 28.3. The summed E-state index contributed by atoms with van der Waals surface area (Å²) in [5.41, 5.74) is 4.22. The van der Waals surface area contributed by atoms with Crippen LogP contribution < -0.4 is 4.90 Å². The van der Waals surface area contributed by atoms with E-state index >= 15 is 0 Å². The number of aromatic nitrogens is 2. The lowest BCUT2D eigenvalue weighted by molar-refractivity contribution is -0.141. The van der Waals surface area contributed by atoms with Crippen molar-refractivity contribution < 1.29 is 9.59 Å². The zero-order valence-corrected chi connectivity index (χ0v) is 23.7. The zero-order valence-electron chi connectivity index (χ0n) is 23.7. The minimum absolute atomic E-state index is 0.0236. The maximum atomic E-state index is 13.1. The van der Waals surface area contributed by atoms with Crippen molar-refractivity contribution in [3.8, 4) is 22.4 Å². The van der Waals surface area contributed by atoms with Crippen LogP contribution in [0.2, 0.25) is 0 Å². The van der Waals surface area contributed by atoms with Crippen molar-refractivity contribution in [2.45, 2.75) is 40.5 Å². The Morgan fingerprint density at radius 3 is 2.05 bits per heavy atom. The molecule has 0 radical (unpaired) electrons. The van der Waals surface area contributed by atoms with Crippen LogP contribution in [0.15, 0.2) is 66.7 Å². The first-order valence-electron chi connectivity index (χ1n) is 14.1. The van der Waals surface area contributed by atoms with Crippen LogP contribution in [0, 0.1) is 11.8 Å². The quantitative estimate of drug-likeness (QED) is 0.354. The number of nitrogens with zero attached hydrogens (tertiary/aromatic N) is 5. The van der Waals surface area contributed by atoms with Gasteiger partial charge in [0.15, 0.2) is 5.82 Å². The molecule has 0 unspecified atom stereocenters. The molecular formula is C32H41N5O2. The third kappa shape index (κ3) is 7.65. The number of rotatable bonds is 10. The predicted molar refractivity (Wildman–Crippen MR) is 157 cm³/mol. The van der Waals surface area contributed by atoms with E-state index < -0.39 is 0 Å². The number of carbonyl (C=O) groups is 2. The number of carbonyl (C=O) groups excluding carboxylic acids is 2. The molecule has 7 heteroatoms. The molecule has 3 aromatic rings. The molecule has 39 heavy (non-hydrogen) atoms. The second-order valence-corrected chi connectivity index (χ2v) is 11.0. The van der Waals surface area contributed by atoms with E-state index in [0.29, 0.717) is 45.1 Å². The van der Waals surface area contributed by atoms with Crippen molar-refractivity contribution >= 4 is 17.6 Å². The van der Waals surface area contributed by atoms with Gasteiger partial charge in [0, 0.05) is 44.7 Å². The normalized spacial score (nSPS) is 14.4. The molecule has 1 saturated heterocycles. The van der Waals surface area contributed by atoms with E-state index in [1.165, 1.54) is 11.1 Å². The molecule has 2 amide bonds. The van der Waals surface area contributed by atoms with Crippen molar-refractivity contribution in [3.05, 3.63) is 66.7 Å². The fraction of sp³-hybridized carbons (Fsp3) is 0.438. The molecule has 0 spiro atoms. The van der Waals surface area contributed by atoms with Crippen molar-refractivity contribution in [2.24, 2.45) is 11.8 Å². The second kappa shape index (κ2) is 13.4. The van der Waals surface area contributed by atoms with Gasteiger partial charge in [0.05, 0.1) is 12.2 Å². The van der Waals surface area contributed by atoms with Gasteiger partial charge in [-0.2, -0.15) is 0 Å². The van der Waals surface area contributed by atoms with Gasteiger partial charge < -0.3 is 14.7 Å². The van der Waals surface area contributed by atoms with Gasteiger partial charge >= 0.3 is 0 Å². The van der Waals surface area contributed by atoms with E-state index in [1.807, 2.05) is 49.1 Å². The SMILES string of the molecule is CC[C@@H](C)CN(CC(=O)N1CCN(c2ccc(-c3ccc(-c4ccccc4)cc3)nn2)CC1)C(=O)CC(C)C. The largest absolute Gasteiger partial charge is 0.352 e. The van der Waals surface area contributed by atoms with Crippen molar-refractivity contribution in [1.29, 1.82) is 0 Å². The molecule has 1 aliphatic heterocycles. The van der Waals surface area contributed by atoms with Crippen LogP contribution in [0.3, 0.4) is 0 Å². The molecular weight excluding hydrogens is 486 g/mol. The lowest BCUT2D eigenvalue weighted by Gasteiger charge is -2.36. The minimum Gasteiger partial charge on any atom is -0.352 e. The van der Waals surface area contributed by atoms with E-state index in [1.54, 1.807) is 4.90 Å². The maximum Gasteiger partial charge on any atom is 0.242 e. The third-order valence-electron chi connectivity index (χ3n) is 7.39. The molecule has 1 aliphatic rings. The highest BCUT2D eigenvalue weighted by Gasteiger charge is 2.26. The summed E-state index contributed by atoms with van der Waals surface area (Å²) in [5, 5.41) is 8.97. The Hall–Kier alpha value is -3.74. The summed E-state index contributed by atoms with van der Waals surface area (Å²) in [6.07, 6.45) is 1.46. The molecule has 1 fully saturated rings. The van der Waals surface area contributed by atoms with Gasteiger partial charge in [0.25, 0.3) is 0 Å². The molecule has 206 valence electrons. The van der Waals surface area contributed by atoms with Crippen LogP contribution in [0.5, 0.6) is 0 Å². The number of anilines is 1. The van der Waals surface area contributed by atoms with Crippen molar-refractivity contribution in [1.82, 2.24) is 20.0 Å². The van der Waals surface area contributed by atoms with E-state index in [2.05, 4.69) is 65.3 Å². The van der Waals surface area contributed by atoms with Crippen LogP contribution in [0.1, 0.15) is 40.5 Å². The Labute approximate surface area is 232 Å². The Bertz CT molecular complexity index is 1200. The van der Waals surface area contributed by atoms with Crippen molar-refractivity contribution in [3.63, 3.8) is 0 Å². The molecule has 1 atom stereocenters. The molecule has 0 saturated carbocycles. The summed E-state index contributed by atoms with van der Waals surface area (Å²) in [7, 11) is 0. The highest BCUT2D eigenvalue weighted by atomic mass is 16.2. The summed E-state index contributed by atoms with van der Waals surface area (Å²) in [6.45, 7) is 11.7. The number of hydrogen-bond acceptors (Lipinski definition) is 5. The Morgan fingerprint density at radius 2 is 1.46 bits per heavy atom. The topological polar surface area (TPSA) is 69.6 Å². The van der Waals surface area contributed by atoms with Gasteiger partial charge in [-0.25, -0.2) is 0 Å². The van der Waals surface area contributed by atoms with Gasteiger partial charge in [0.2, 0.25) is 11.8 Å². The maximum absolute atomic E-state index is 13.1. The van der Waals surface area contributed by atoms with E-state index in [4.69, 9.17) is 0 Å². The summed E-state index contributed by atoms with van der Waals surface area (Å²) >= 11 is 0. The smallest absolute Gasteiger partial charge is 0.242 e. The van der Waals surface area contributed by atoms with Crippen molar-refractivity contribution in [2.75, 3.05) is 44.2 Å². The Kier molecular flexibility index (Phi) is 9.69. The highest BCUT2D eigenvalue weighted by molar-refractivity contribution is 5.85. The van der Waals surface area contributed by atoms with Crippen LogP contribution in [0.25, 0.3) is 22.4 Å². The molecule has 0 bridgehead atoms. The molecule has 2 aromatic carbocycles. The molecule has 2 heterocycles. The van der Waals surface area contributed by atoms with E-state index in [9.17, 15) is 9.59 Å². The van der Waals surface area contributed by atoms with E-state index in [0.717, 1.165) is 23.5 Å². The number of piperazine rings is 1. The Balaban J connectivity index is 1.32. The van der Waals surface area contributed by atoms with Crippen LogP contribution in [-0.4, -0.2) is 71.1 Å². The average molecular weight is 528 g/mol. The number of amides is 2. The molecule has 0 N–H and O–H groups in total. The van der Waals surface area contributed by atoms with Crippen LogP contribution >= 0.6 is 0 Å². The van der Waals surface area contributed by atoms with Gasteiger partial charge in [-0.1, -0.05) is 88.7 Å². The summed E-state index contributed by atoms with van der Waals surface area (Å²) < 4.78 is 0.